The first-order valence-corrected chi connectivity index (χ1v) is 13.0. The van der Waals surface area contributed by atoms with Crippen molar-refractivity contribution in [1.29, 1.82) is 0 Å². The molecule has 0 bridgehead atoms. The lowest BCUT2D eigenvalue weighted by Crippen LogP contribution is -2.31. The van der Waals surface area contributed by atoms with Crippen LogP contribution in [0.5, 0.6) is 5.75 Å². The van der Waals surface area contributed by atoms with Gasteiger partial charge in [0, 0.05) is 13.2 Å². The zero-order chi connectivity index (χ0) is 25.8. The molecule has 6 nitrogen and oxygen atoms in total. The van der Waals surface area contributed by atoms with Crippen LogP contribution in [0.25, 0.3) is 11.0 Å². The molecule has 0 N–H and O–H groups in total. The van der Waals surface area contributed by atoms with E-state index in [2.05, 4.69) is 6.92 Å². The van der Waals surface area contributed by atoms with Gasteiger partial charge in [0.2, 0.25) is 5.76 Å². The smallest absolute Gasteiger partial charge is 0.290 e. The van der Waals surface area contributed by atoms with Crippen LogP contribution in [0, 0.1) is 13.8 Å². The van der Waals surface area contributed by atoms with E-state index < -0.39 is 6.04 Å². The lowest BCUT2D eigenvalue weighted by Gasteiger charge is -2.25. The molecule has 0 saturated heterocycles. The largest absolute Gasteiger partial charge is 0.494 e. The molecule has 192 valence electrons. The van der Waals surface area contributed by atoms with Crippen molar-refractivity contribution in [2.75, 3.05) is 19.8 Å². The number of aryl methyl sites for hydroxylation is 2. The fraction of sp³-hybridized carbons (Fsp3) is 0.467. The maximum absolute atomic E-state index is 13.8. The number of benzene rings is 2. The second-order valence-corrected chi connectivity index (χ2v) is 9.91. The maximum atomic E-state index is 13.8. The van der Waals surface area contributed by atoms with Crippen LogP contribution in [0.3, 0.4) is 0 Å². The molecular weight excluding hydrogens is 454 g/mol. The van der Waals surface area contributed by atoms with Crippen LogP contribution in [0.4, 0.5) is 0 Å². The van der Waals surface area contributed by atoms with Crippen molar-refractivity contribution in [1.82, 2.24) is 4.90 Å². The van der Waals surface area contributed by atoms with Gasteiger partial charge in [0.15, 0.2) is 5.43 Å². The first-order chi connectivity index (χ1) is 17.3. The van der Waals surface area contributed by atoms with Crippen LogP contribution in [0.1, 0.15) is 85.3 Å². The summed E-state index contributed by atoms with van der Waals surface area (Å²) in [5.74, 6) is 0.620. The van der Waals surface area contributed by atoms with Gasteiger partial charge < -0.3 is 18.8 Å². The predicted octanol–water partition coefficient (Wildman–Crippen LogP) is 6.34. The molecule has 6 heteroatoms. The average molecular weight is 492 g/mol. The number of carbonyl (C=O) groups excluding carboxylic acids is 1. The molecule has 36 heavy (non-hydrogen) atoms. The van der Waals surface area contributed by atoms with Crippen LogP contribution in [0.15, 0.2) is 45.6 Å². The minimum absolute atomic E-state index is 0.119. The summed E-state index contributed by atoms with van der Waals surface area (Å²) in [6.07, 6.45) is 4.01. The number of carbonyl (C=O) groups is 1. The summed E-state index contributed by atoms with van der Waals surface area (Å²) >= 11 is 0. The van der Waals surface area contributed by atoms with Crippen LogP contribution >= 0.6 is 0 Å². The molecule has 1 aliphatic heterocycles. The average Bonchev–Trinajstić information content (AvgIpc) is 3.13. The number of hydrogen-bond acceptors (Lipinski definition) is 5. The first-order valence-electron chi connectivity index (χ1n) is 13.0. The van der Waals surface area contributed by atoms with Gasteiger partial charge in [-0.05, 0) is 81.5 Å². The Balaban J connectivity index is 1.76. The van der Waals surface area contributed by atoms with Crippen molar-refractivity contribution in [3.8, 4) is 5.75 Å². The summed E-state index contributed by atoms with van der Waals surface area (Å²) in [4.78, 5) is 29.2. The SMILES string of the molecule is CCCCCOc1cccc(C2c3c(oc4cc(C)c(C)cc4c3=O)C(=O)N2CCCOC(C)C)c1. The van der Waals surface area contributed by atoms with E-state index in [0.29, 0.717) is 42.7 Å². The highest BCUT2D eigenvalue weighted by molar-refractivity contribution is 5.99. The van der Waals surface area contributed by atoms with Gasteiger partial charge in [-0.25, -0.2) is 0 Å². The second-order valence-electron chi connectivity index (χ2n) is 9.91. The van der Waals surface area contributed by atoms with Crippen molar-refractivity contribution in [2.24, 2.45) is 0 Å². The van der Waals surface area contributed by atoms with Crippen molar-refractivity contribution in [2.45, 2.75) is 72.4 Å². The highest BCUT2D eigenvalue weighted by atomic mass is 16.5. The third kappa shape index (κ3) is 5.34. The summed E-state index contributed by atoms with van der Waals surface area (Å²) in [6.45, 7) is 11.7. The number of fused-ring (bicyclic) bond motifs is 2. The third-order valence-electron chi connectivity index (χ3n) is 6.77. The summed E-state index contributed by atoms with van der Waals surface area (Å²) in [5.41, 5.74) is 3.58. The number of amides is 1. The minimum Gasteiger partial charge on any atom is -0.494 e. The van der Waals surface area contributed by atoms with Crippen molar-refractivity contribution in [3.05, 3.63) is 74.6 Å². The number of unbranched alkanes of at least 4 members (excludes halogenated alkanes) is 2. The first kappa shape index (κ1) is 26.0. The van der Waals surface area contributed by atoms with Crippen molar-refractivity contribution >= 4 is 16.9 Å². The lowest BCUT2D eigenvalue weighted by atomic mass is 9.97. The fourth-order valence-corrected chi connectivity index (χ4v) is 4.72. The lowest BCUT2D eigenvalue weighted by molar-refractivity contribution is 0.0593. The number of hydrogen-bond donors (Lipinski definition) is 0. The normalized spacial score (nSPS) is 15.2. The van der Waals surface area contributed by atoms with Gasteiger partial charge in [-0.15, -0.1) is 0 Å². The van der Waals surface area contributed by atoms with Gasteiger partial charge >= 0.3 is 0 Å². The molecule has 0 saturated carbocycles. The van der Waals surface area contributed by atoms with E-state index in [4.69, 9.17) is 13.9 Å². The predicted molar refractivity (Wildman–Crippen MR) is 142 cm³/mol. The van der Waals surface area contributed by atoms with E-state index in [9.17, 15) is 9.59 Å². The topological polar surface area (TPSA) is 69.0 Å². The highest BCUT2D eigenvalue weighted by Crippen LogP contribution is 2.39. The molecule has 3 aromatic rings. The van der Waals surface area contributed by atoms with Gasteiger partial charge in [-0.2, -0.15) is 0 Å². The van der Waals surface area contributed by atoms with Crippen LogP contribution in [-0.4, -0.2) is 36.7 Å². The Hall–Kier alpha value is -3.12. The van der Waals surface area contributed by atoms with Crippen molar-refractivity contribution < 1.29 is 18.7 Å². The minimum atomic E-state index is -0.534. The zero-order valence-electron chi connectivity index (χ0n) is 22.1. The molecule has 2 heterocycles. The molecule has 0 aliphatic carbocycles. The fourth-order valence-electron chi connectivity index (χ4n) is 4.72. The second kappa shape index (κ2) is 11.3. The van der Waals surface area contributed by atoms with Gasteiger partial charge in [-0.3, -0.25) is 9.59 Å². The Labute approximate surface area is 213 Å². The summed E-state index contributed by atoms with van der Waals surface area (Å²) in [6, 6.07) is 10.9. The van der Waals surface area contributed by atoms with E-state index >= 15 is 0 Å². The zero-order valence-corrected chi connectivity index (χ0v) is 22.1. The quantitative estimate of drug-likeness (QED) is 0.293. The van der Waals surface area contributed by atoms with E-state index in [-0.39, 0.29) is 23.2 Å². The molecule has 1 aliphatic rings. The molecule has 1 aromatic heterocycles. The van der Waals surface area contributed by atoms with Crippen LogP contribution < -0.4 is 10.2 Å². The van der Waals surface area contributed by atoms with Crippen LogP contribution in [0.2, 0.25) is 0 Å². The number of rotatable bonds is 11. The Morgan fingerprint density at radius 1 is 1.00 bits per heavy atom. The molecule has 0 radical (unpaired) electrons. The summed E-state index contributed by atoms with van der Waals surface area (Å²) in [5, 5.41) is 0.506. The Morgan fingerprint density at radius 3 is 2.53 bits per heavy atom. The van der Waals surface area contributed by atoms with Gasteiger partial charge in [0.1, 0.15) is 11.3 Å². The van der Waals surface area contributed by atoms with Gasteiger partial charge in [-0.1, -0.05) is 31.9 Å². The monoisotopic (exact) mass is 491 g/mol. The van der Waals surface area contributed by atoms with E-state index in [1.54, 1.807) is 4.90 Å². The van der Waals surface area contributed by atoms with E-state index in [1.165, 1.54) is 0 Å². The van der Waals surface area contributed by atoms with Gasteiger partial charge in [0.25, 0.3) is 5.91 Å². The molecule has 1 amide bonds. The number of nitrogens with zero attached hydrogens (tertiary/aromatic N) is 1. The summed E-state index contributed by atoms with van der Waals surface area (Å²) < 4.78 is 17.8. The third-order valence-corrected chi connectivity index (χ3v) is 6.77. The molecule has 1 unspecified atom stereocenters. The molecule has 0 fully saturated rings. The molecule has 0 spiro atoms. The Kier molecular flexibility index (Phi) is 8.14. The highest BCUT2D eigenvalue weighted by Gasteiger charge is 2.42. The van der Waals surface area contributed by atoms with Crippen molar-refractivity contribution in [3.63, 3.8) is 0 Å². The van der Waals surface area contributed by atoms with Crippen LogP contribution in [-0.2, 0) is 4.74 Å². The van der Waals surface area contributed by atoms with E-state index in [1.807, 2.05) is 64.1 Å². The number of ether oxygens (including phenoxy) is 2. The summed E-state index contributed by atoms with van der Waals surface area (Å²) in [7, 11) is 0. The molecule has 2 aromatic carbocycles. The maximum Gasteiger partial charge on any atom is 0.290 e. The molecule has 1 atom stereocenters. The standard InChI is InChI=1S/C30H37NO5/c1-6-7-8-14-35-23-12-9-11-22(18-23)27-26-28(32)24-16-20(4)21(5)17-25(24)36-29(26)30(33)31(27)13-10-15-34-19(2)3/h9,11-12,16-19,27H,6-8,10,13-15H2,1-5H3. The molecular formula is C30H37NO5. The van der Waals surface area contributed by atoms with E-state index in [0.717, 1.165) is 41.7 Å². The Bertz CT molecular complexity index is 1290. The Morgan fingerprint density at radius 2 is 1.78 bits per heavy atom. The van der Waals surface area contributed by atoms with Gasteiger partial charge in [0.05, 0.1) is 29.7 Å². The molecule has 4 rings (SSSR count).